The van der Waals surface area contributed by atoms with Crippen molar-refractivity contribution < 1.29 is 18.6 Å². The molecule has 0 aromatic heterocycles. The molecule has 0 saturated heterocycles. The molecule has 0 spiro atoms. The first-order valence-corrected chi connectivity index (χ1v) is 22.7. The summed E-state index contributed by atoms with van der Waals surface area (Å²) in [5.74, 6) is 3.78. The third kappa shape index (κ3) is 5.88. The maximum absolute atomic E-state index is 15.5. The van der Waals surface area contributed by atoms with E-state index in [2.05, 4.69) is 5.32 Å². The summed E-state index contributed by atoms with van der Waals surface area (Å²) in [5, 5.41) is 7.74. The van der Waals surface area contributed by atoms with Crippen LogP contribution in [0.3, 0.4) is 0 Å². The van der Waals surface area contributed by atoms with Crippen molar-refractivity contribution in [3.8, 4) is 23.0 Å². The number of amidine groups is 2. The van der Waals surface area contributed by atoms with Gasteiger partial charge >= 0.3 is 0 Å². The summed E-state index contributed by atoms with van der Waals surface area (Å²) >= 11 is 0. The van der Waals surface area contributed by atoms with Crippen LogP contribution in [0.15, 0.2) is 162 Å². The third-order valence-corrected chi connectivity index (χ3v) is 17.3. The van der Waals surface area contributed by atoms with E-state index in [1.807, 2.05) is 179 Å². The van der Waals surface area contributed by atoms with E-state index in [0.717, 1.165) is 49.6 Å². The van der Waals surface area contributed by atoms with Crippen LogP contribution < -0.4 is 46.6 Å². The minimum Gasteiger partial charge on any atom is -0.456 e. The molecule has 1 unspecified atom stereocenters. The van der Waals surface area contributed by atoms with Gasteiger partial charge in [-0.15, -0.1) is 0 Å². The minimum absolute atomic E-state index is 0.585. The van der Waals surface area contributed by atoms with Gasteiger partial charge in [-0.05, 0) is 81.8 Å². The first kappa shape index (κ1) is 36.1. The van der Waals surface area contributed by atoms with Gasteiger partial charge in [0.05, 0.1) is 21.2 Å². The molecular formula is C49H39N3O4P2. The lowest BCUT2D eigenvalue weighted by Crippen LogP contribution is -2.36. The largest absolute Gasteiger partial charge is 0.456 e. The fourth-order valence-electron chi connectivity index (χ4n) is 8.07. The van der Waals surface area contributed by atoms with E-state index in [1.165, 1.54) is 0 Å². The highest BCUT2D eigenvalue weighted by atomic mass is 31.2. The molecule has 7 nitrogen and oxygen atoms in total. The Morgan fingerprint density at radius 1 is 0.448 bits per heavy atom. The van der Waals surface area contributed by atoms with Gasteiger partial charge in [-0.3, -0.25) is 0 Å². The van der Waals surface area contributed by atoms with Gasteiger partial charge in [-0.2, -0.15) is 0 Å². The van der Waals surface area contributed by atoms with E-state index in [4.69, 9.17) is 19.5 Å². The standard InChI is InChI=1S/C49H39N3O4P2/c1-30-10-22-39-43(26-30)57(53,44-27-31(2)11-23-40(44)55-39)37-18-14-35(15-19-37)48-50-47(34-8-6-5-7-9-34)51-49(52-48)36-16-20-38(21-17-36)58(54)45-28-32(3)12-24-41(45)56-42-25-13-33(4)29-46(42)58/h5-29,48H,1-4H3,(H,50,51,52). The van der Waals surface area contributed by atoms with Crippen LogP contribution in [0.5, 0.6) is 23.0 Å². The number of nitrogens with zero attached hydrogens (tertiary/aromatic N) is 2. The molecule has 7 aromatic carbocycles. The van der Waals surface area contributed by atoms with Gasteiger partial charge in [0.15, 0.2) is 20.4 Å². The van der Waals surface area contributed by atoms with Crippen molar-refractivity contribution in [2.45, 2.75) is 33.9 Å². The lowest BCUT2D eigenvalue weighted by Gasteiger charge is -2.30. The molecular weight excluding hydrogens is 757 g/mol. The van der Waals surface area contributed by atoms with Crippen LogP contribution in [-0.4, -0.2) is 11.7 Å². The summed E-state index contributed by atoms with van der Waals surface area (Å²) in [6.45, 7) is 8.03. The molecule has 3 heterocycles. The maximum Gasteiger partial charge on any atom is 0.178 e. The second-order valence-corrected chi connectivity index (χ2v) is 20.7. The molecule has 3 aliphatic heterocycles. The first-order chi connectivity index (χ1) is 28.1. The topological polar surface area (TPSA) is 89.4 Å². The van der Waals surface area contributed by atoms with Crippen LogP contribution in [0.2, 0.25) is 0 Å². The van der Waals surface area contributed by atoms with Gasteiger partial charge in [0.25, 0.3) is 0 Å². The smallest absolute Gasteiger partial charge is 0.178 e. The number of benzene rings is 7. The van der Waals surface area contributed by atoms with Crippen molar-refractivity contribution in [3.05, 3.63) is 191 Å². The number of aryl methyl sites for hydroxylation is 4. The lowest BCUT2D eigenvalue weighted by atomic mass is 10.1. The van der Waals surface area contributed by atoms with Crippen LogP contribution in [0.4, 0.5) is 0 Å². The summed E-state index contributed by atoms with van der Waals surface area (Å²) < 4.78 is 43.6. The van der Waals surface area contributed by atoms with E-state index >= 15 is 9.13 Å². The summed E-state index contributed by atoms with van der Waals surface area (Å²) in [4.78, 5) is 10.2. The van der Waals surface area contributed by atoms with E-state index < -0.39 is 20.4 Å². The Hall–Kier alpha value is -6.26. The van der Waals surface area contributed by atoms with E-state index in [0.29, 0.717) is 55.9 Å². The summed E-state index contributed by atoms with van der Waals surface area (Å²) in [6, 6.07) is 49.2. The molecule has 0 amide bonds. The van der Waals surface area contributed by atoms with Crippen molar-refractivity contribution in [1.29, 1.82) is 0 Å². The molecule has 0 bridgehead atoms. The number of fused-ring (bicyclic) bond motifs is 4. The number of ether oxygens (including phenoxy) is 2. The van der Waals surface area contributed by atoms with Gasteiger partial charge in [0.2, 0.25) is 0 Å². The van der Waals surface area contributed by atoms with Gasteiger partial charge in [-0.25, -0.2) is 9.98 Å². The lowest BCUT2D eigenvalue weighted by molar-refractivity contribution is 0.484. The fraction of sp³-hybridized carbons (Fsp3) is 0.102. The highest BCUT2D eigenvalue weighted by molar-refractivity contribution is 7.86. The molecule has 1 N–H and O–H groups in total. The SMILES string of the molecule is Cc1ccc2c(c1)P(=O)(c1ccc(C3=NC(c4ccc(P5(=O)c6cc(C)ccc6Oc6ccc(C)cc65)cc4)N=C(c4ccccc4)N3)cc1)c1cc(C)ccc1O2. The quantitative estimate of drug-likeness (QED) is 0.176. The average Bonchev–Trinajstić information content (AvgIpc) is 3.25. The Morgan fingerprint density at radius 2 is 0.810 bits per heavy atom. The van der Waals surface area contributed by atoms with Gasteiger partial charge in [-0.1, -0.05) is 125 Å². The molecule has 7 aromatic rings. The Bertz CT molecular complexity index is 2860. The summed E-state index contributed by atoms with van der Waals surface area (Å²) in [7, 11) is -6.58. The average molecular weight is 796 g/mol. The highest BCUT2D eigenvalue weighted by Crippen LogP contribution is 2.53. The molecule has 10 rings (SSSR count). The second kappa shape index (κ2) is 13.7. The number of nitrogens with one attached hydrogen (secondary N) is 1. The van der Waals surface area contributed by atoms with Crippen LogP contribution in [-0.2, 0) is 9.13 Å². The Morgan fingerprint density at radius 3 is 1.21 bits per heavy atom. The molecule has 0 radical (unpaired) electrons. The van der Waals surface area contributed by atoms with Crippen LogP contribution in [0.1, 0.15) is 45.1 Å². The van der Waals surface area contributed by atoms with E-state index in [9.17, 15) is 0 Å². The van der Waals surface area contributed by atoms with E-state index in [-0.39, 0.29) is 0 Å². The number of hydrogen-bond acceptors (Lipinski definition) is 7. The molecule has 0 aliphatic carbocycles. The Kier molecular flexibility index (Phi) is 8.53. The van der Waals surface area contributed by atoms with Crippen LogP contribution in [0.25, 0.3) is 0 Å². The third-order valence-electron chi connectivity index (χ3n) is 11.1. The molecule has 0 fully saturated rings. The molecule has 1 atom stereocenters. The molecule has 284 valence electrons. The van der Waals surface area contributed by atoms with Crippen molar-refractivity contribution in [2.75, 3.05) is 0 Å². The van der Waals surface area contributed by atoms with Crippen molar-refractivity contribution in [2.24, 2.45) is 9.98 Å². The number of hydrogen-bond donors (Lipinski definition) is 1. The van der Waals surface area contributed by atoms with E-state index in [1.54, 1.807) is 0 Å². The number of rotatable bonds is 5. The van der Waals surface area contributed by atoms with Gasteiger partial charge in [0.1, 0.15) is 34.7 Å². The molecule has 58 heavy (non-hydrogen) atoms. The molecule has 9 heteroatoms. The van der Waals surface area contributed by atoms with Crippen molar-refractivity contribution in [3.63, 3.8) is 0 Å². The predicted molar refractivity (Wildman–Crippen MR) is 236 cm³/mol. The predicted octanol–water partition coefficient (Wildman–Crippen LogP) is 8.91. The van der Waals surface area contributed by atoms with Crippen LogP contribution >= 0.6 is 14.3 Å². The zero-order valence-electron chi connectivity index (χ0n) is 32.4. The maximum atomic E-state index is 15.5. The summed E-state index contributed by atoms with van der Waals surface area (Å²) in [6.07, 6.45) is -0.585. The first-order valence-electron chi connectivity index (χ1n) is 19.3. The summed E-state index contributed by atoms with van der Waals surface area (Å²) in [5.41, 5.74) is 6.67. The van der Waals surface area contributed by atoms with Gasteiger partial charge in [0, 0.05) is 21.7 Å². The Labute approximate surface area is 337 Å². The fourth-order valence-corrected chi connectivity index (χ4v) is 14.1. The van der Waals surface area contributed by atoms with Crippen molar-refractivity contribution in [1.82, 2.24) is 5.32 Å². The minimum atomic E-state index is -3.29. The monoisotopic (exact) mass is 795 g/mol. The second-order valence-electron chi connectivity index (χ2n) is 15.3. The normalized spacial score (nSPS) is 16.8. The molecule has 3 aliphatic rings. The van der Waals surface area contributed by atoms with Crippen LogP contribution in [0, 0.1) is 27.7 Å². The number of aliphatic imine (C=N–C) groups is 2. The van der Waals surface area contributed by atoms with Crippen molar-refractivity contribution >= 4 is 57.8 Å². The Balaban J connectivity index is 1.04. The molecule has 0 saturated carbocycles. The zero-order chi connectivity index (χ0) is 39.8. The highest BCUT2D eigenvalue weighted by Gasteiger charge is 2.41. The van der Waals surface area contributed by atoms with Gasteiger partial charge < -0.3 is 23.9 Å². The zero-order valence-corrected chi connectivity index (χ0v) is 34.2.